The van der Waals surface area contributed by atoms with E-state index in [2.05, 4.69) is 22.5 Å². The fourth-order valence-electron chi connectivity index (χ4n) is 1.59. The lowest BCUT2D eigenvalue weighted by Crippen LogP contribution is -2.33. The predicted octanol–water partition coefficient (Wildman–Crippen LogP) is 2.43. The quantitative estimate of drug-likeness (QED) is 0.796. The molecule has 1 atom stereocenters. The second-order valence-electron chi connectivity index (χ2n) is 4.20. The van der Waals surface area contributed by atoms with Crippen LogP contribution in [0.2, 0.25) is 0 Å². The molecule has 2 N–H and O–H groups in total. The van der Waals surface area contributed by atoms with Crippen molar-refractivity contribution in [2.45, 2.75) is 39.2 Å². The number of hydrogen-bond donors (Lipinski definition) is 2. The van der Waals surface area contributed by atoms with Crippen LogP contribution in [0.3, 0.4) is 0 Å². The van der Waals surface area contributed by atoms with Crippen LogP contribution in [0.25, 0.3) is 0 Å². The van der Waals surface area contributed by atoms with Crippen molar-refractivity contribution in [1.29, 1.82) is 0 Å². The van der Waals surface area contributed by atoms with Gasteiger partial charge in [0.25, 0.3) is 5.91 Å². The fraction of sp³-hybridized carbons (Fsp3) is 0.538. The van der Waals surface area contributed by atoms with E-state index in [9.17, 15) is 4.79 Å². The molecule has 4 heteroatoms. The van der Waals surface area contributed by atoms with Gasteiger partial charge in [-0.2, -0.15) is 0 Å². The second kappa shape index (κ2) is 6.89. The number of amides is 1. The van der Waals surface area contributed by atoms with Gasteiger partial charge in [-0.1, -0.05) is 19.8 Å². The summed E-state index contributed by atoms with van der Waals surface area (Å²) in [5.74, 6) is -0.106. The normalized spacial score (nSPS) is 11.9. The zero-order valence-electron chi connectivity index (χ0n) is 10.8. The number of anilines is 1. The summed E-state index contributed by atoms with van der Waals surface area (Å²) in [6.07, 6.45) is 4.92. The number of carbonyl (C=O) groups is 1. The molecule has 0 aliphatic heterocycles. The molecule has 0 aliphatic carbocycles. The van der Waals surface area contributed by atoms with E-state index in [1.807, 2.05) is 20.0 Å². The highest BCUT2D eigenvalue weighted by atomic mass is 16.1. The zero-order chi connectivity index (χ0) is 12.7. The molecule has 1 heterocycles. The highest BCUT2D eigenvalue weighted by Gasteiger charge is 2.10. The van der Waals surface area contributed by atoms with Gasteiger partial charge in [0.15, 0.2) is 0 Å². The first-order valence-electron chi connectivity index (χ1n) is 6.12. The van der Waals surface area contributed by atoms with Gasteiger partial charge >= 0.3 is 0 Å². The molecular formula is C13H21N3O. The predicted molar refractivity (Wildman–Crippen MR) is 70.2 cm³/mol. The van der Waals surface area contributed by atoms with Gasteiger partial charge in [0.2, 0.25) is 0 Å². The molecule has 0 fully saturated rings. The van der Waals surface area contributed by atoms with Crippen molar-refractivity contribution in [2.24, 2.45) is 0 Å². The molecule has 0 bridgehead atoms. The van der Waals surface area contributed by atoms with E-state index < -0.39 is 0 Å². The first-order valence-corrected chi connectivity index (χ1v) is 6.12. The average molecular weight is 235 g/mol. The number of rotatable bonds is 6. The highest BCUT2D eigenvalue weighted by Crippen LogP contribution is 2.07. The van der Waals surface area contributed by atoms with Gasteiger partial charge in [-0.15, -0.1) is 0 Å². The topological polar surface area (TPSA) is 54.0 Å². The summed E-state index contributed by atoms with van der Waals surface area (Å²) in [5, 5.41) is 5.94. The van der Waals surface area contributed by atoms with Crippen LogP contribution in [-0.2, 0) is 0 Å². The lowest BCUT2D eigenvalue weighted by atomic mass is 10.1. The third kappa shape index (κ3) is 4.43. The first kappa shape index (κ1) is 13.5. The van der Waals surface area contributed by atoms with Gasteiger partial charge in [-0.25, -0.2) is 0 Å². The van der Waals surface area contributed by atoms with Crippen molar-refractivity contribution in [3.05, 3.63) is 24.0 Å². The number of aromatic nitrogens is 1. The summed E-state index contributed by atoms with van der Waals surface area (Å²) in [7, 11) is 1.82. The van der Waals surface area contributed by atoms with E-state index in [-0.39, 0.29) is 11.9 Å². The Morgan fingerprint density at radius 3 is 2.94 bits per heavy atom. The Morgan fingerprint density at radius 1 is 1.53 bits per heavy atom. The molecule has 4 nitrogen and oxygen atoms in total. The molecule has 0 radical (unpaired) electrons. The van der Waals surface area contributed by atoms with E-state index in [1.54, 1.807) is 12.3 Å². The minimum Gasteiger partial charge on any atom is -0.388 e. The Balaban J connectivity index is 2.56. The zero-order valence-corrected chi connectivity index (χ0v) is 10.8. The minimum absolute atomic E-state index is 0.106. The second-order valence-corrected chi connectivity index (χ2v) is 4.20. The van der Waals surface area contributed by atoms with Crippen molar-refractivity contribution in [1.82, 2.24) is 10.3 Å². The van der Waals surface area contributed by atoms with Crippen molar-refractivity contribution in [2.75, 3.05) is 12.4 Å². The summed E-state index contributed by atoms with van der Waals surface area (Å²) < 4.78 is 0. The minimum atomic E-state index is -0.106. The smallest absolute Gasteiger partial charge is 0.270 e. The van der Waals surface area contributed by atoms with Crippen LogP contribution in [-0.4, -0.2) is 24.0 Å². The molecule has 1 amide bonds. The lowest BCUT2D eigenvalue weighted by molar-refractivity contribution is 0.0933. The van der Waals surface area contributed by atoms with Crippen LogP contribution in [0, 0.1) is 0 Å². The Hall–Kier alpha value is -1.58. The van der Waals surface area contributed by atoms with Gasteiger partial charge in [0, 0.05) is 25.0 Å². The first-order chi connectivity index (χ1) is 8.17. The molecule has 0 saturated heterocycles. The number of pyridine rings is 1. The summed E-state index contributed by atoms with van der Waals surface area (Å²) in [4.78, 5) is 16.0. The van der Waals surface area contributed by atoms with E-state index in [0.717, 1.165) is 24.9 Å². The maximum atomic E-state index is 11.9. The number of nitrogens with zero attached hydrogens (tertiary/aromatic N) is 1. The van der Waals surface area contributed by atoms with Crippen LogP contribution in [0.4, 0.5) is 5.69 Å². The van der Waals surface area contributed by atoms with E-state index >= 15 is 0 Å². The van der Waals surface area contributed by atoms with E-state index in [4.69, 9.17) is 0 Å². The third-order valence-corrected chi connectivity index (χ3v) is 2.65. The Labute approximate surface area is 103 Å². The number of carbonyl (C=O) groups excluding carboxylic acids is 1. The largest absolute Gasteiger partial charge is 0.388 e. The Bertz CT molecular complexity index is 365. The standard InChI is InChI=1S/C13H21N3O/c1-4-5-6-10(2)16-13(17)12-9-11(14-3)7-8-15-12/h7-10H,4-6H2,1-3H3,(H,14,15)(H,16,17). The Morgan fingerprint density at radius 2 is 2.29 bits per heavy atom. The van der Waals surface area contributed by atoms with Crippen molar-refractivity contribution in [3.8, 4) is 0 Å². The summed E-state index contributed by atoms with van der Waals surface area (Å²) in [5.41, 5.74) is 1.35. The van der Waals surface area contributed by atoms with Gasteiger partial charge in [0.05, 0.1) is 0 Å². The molecule has 94 valence electrons. The maximum absolute atomic E-state index is 11.9. The molecular weight excluding hydrogens is 214 g/mol. The lowest BCUT2D eigenvalue weighted by Gasteiger charge is -2.13. The summed E-state index contributed by atoms with van der Waals surface area (Å²) in [6.45, 7) is 4.17. The molecule has 1 aromatic heterocycles. The molecule has 1 unspecified atom stereocenters. The fourth-order valence-corrected chi connectivity index (χ4v) is 1.59. The van der Waals surface area contributed by atoms with Crippen LogP contribution < -0.4 is 10.6 Å². The maximum Gasteiger partial charge on any atom is 0.270 e. The van der Waals surface area contributed by atoms with E-state index in [0.29, 0.717) is 5.69 Å². The molecule has 0 aliphatic rings. The number of nitrogens with one attached hydrogen (secondary N) is 2. The van der Waals surface area contributed by atoms with Gasteiger partial charge in [-0.3, -0.25) is 9.78 Å². The third-order valence-electron chi connectivity index (χ3n) is 2.65. The SMILES string of the molecule is CCCCC(C)NC(=O)c1cc(NC)ccn1. The molecule has 0 spiro atoms. The summed E-state index contributed by atoms with van der Waals surface area (Å²) in [6, 6.07) is 3.78. The van der Waals surface area contributed by atoms with Gasteiger partial charge in [-0.05, 0) is 25.5 Å². The van der Waals surface area contributed by atoms with Crippen molar-refractivity contribution >= 4 is 11.6 Å². The average Bonchev–Trinajstić information content (AvgIpc) is 2.36. The highest BCUT2D eigenvalue weighted by molar-refractivity contribution is 5.93. The molecule has 0 aromatic carbocycles. The number of unbranched alkanes of at least 4 members (excludes halogenated alkanes) is 1. The Kier molecular flexibility index (Phi) is 5.46. The monoisotopic (exact) mass is 235 g/mol. The van der Waals surface area contributed by atoms with Crippen molar-refractivity contribution < 1.29 is 4.79 Å². The van der Waals surface area contributed by atoms with Gasteiger partial charge < -0.3 is 10.6 Å². The van der Waals surface area contributed by atoms with Gasteiger partial charge in [0.1, 0.15) is 5.69 Å². The van der Waals surface area contributed by atoms with Crippen LogP contribution in [0.15, 0.2) is 18.3 Å². The van der Waals surface area contributed by atoms with Crippen LogP contribution in [0.5, 0.6) is 0 Å². The van der Waals surface area contributed by atoms with Crippen LogP contribution >= 0.6 is 0 Å². The summed E-state index contributed by atoms with van der Waals surface area (Å²) >= 11 is 0. The molecule has 0 saturated carbocycles. The molecule has 17 heavy (non-hydrogen) atoms. The molecule has 1 rings (SSSR count). The molecule has 1 aromatic rings. The number of hydrogen-bond acceptors (Lipinski definition) is 3. The van der Waals surface area contributed by atoms with E-state index in [1.165, 1.54) is 0 Å². The van der Waals surface area contributed by atoms with Crippen molar-refractivity contribution in [3.63, 3.8) is 0 Å². The van der Waals surface area contributed by atoms with Crippen LogP contribution in [0.1, 0.15) is 43.6 Å².